The summed E-state index contributed by atoms with van der Waals surface area (Å²) in [5.74, 6) is -0.964. The average molecular weight is 531 g/mol. The largest absolute Gasteiger partial charge is 0.494 e. The smallest absolute Gasteiger partial charge is 0.337 e. The minimum absolute atomic E-state index is 0.153. The molecule has 10 heteroatoms. The van der Waals surface area contributed by atoms with Gasteiger partial charge in [-0.3, -0.25) is 18.7 Å². The Labute approximate surface area is 225 Å². The van der Waals surface area contributed by atoms with Crippen LogP contribution in [0.1, 0.15) is 22.3 Å². The number of hydrogen-bond acceptors (Lipinski definition) is 6. The van der Waals surface area contributed by atoms with E-state index in [1.54, 1.807) is 16.7 Å². The number of fused-ring (bicyclic) bond motifs is 1. The lowest BCUT2D eigenvalue weighted by Crippen LogP contribution is -2.41. The molecule has 1 heterocycles. The van der Waals surface area contributed by atoms with Gasteiger partial charge in [0.15, 0.2) is 0 Å². The number of para-hydroxylation sites is 1. The number of ether oxygens (including phenoxy) is 2. The molecule has 2 N–H and O–H groups in total. The van der Waals surface area contributed by atoms with Crippen LogP contribution >= 0.6 is 0 Å². The molecule has 4 rings (SSSR count). The fraction of sp³-hybridized carbons (Fsp3) is 0.241. The van der Waals surface area contributed by atoms with Crippen molar-refractivity contribution in [3.63, 3.8) is 0 Å². The molecule has 0 aliphatic carbocycles. The van der Waals surface area contributed by atoms with E-state index in [0.717, 1.165) is 11.3 Å². The van der Waals surface area contributed by atoms with E-state index in [1.807, 2.05) is 60.7 Å². The lowest BCUT2D eigenvalue weighted by Gasteiger charge is -2.21. The van der Waals surface area contributed by atoms with Gasteiger partial charge < -0.3 is 20.1 Å². The first kappa shape index (κ1) is 27.2. The molecule has 10 nitrogen and oxygen atoms in total. The van der Waals surface area contributed by atoms with Crippen LogP contribution in [0.25, 0.3) is 11.0 Å². The van der Waals surface area contributed by atoms with Crippen LogP contribution in [0, 0.1) is 0 Å². The van der Waals surface area contributed by atoms with Crippen molar-refractivity contribution in [3.05, 3.63) is 100 Å². The molecule has 39 heavy (non-hydrogen) atoms. The highest BCUT2D eigenvalue weighted by Crippen LogP contribution is 2.18. The second-order valence-electron chi connectivity index (χ2n) is 8.93. The molecule has 4 aromatic rings. The van der Waals surface area contributed by atoms with Gasteiger partial charge >= 0.3 is 11.7 Å². The fourth-order valence-electron chi connectivity index (χ4n) is 4.32. The zero-order valence-corrected chi connectivity index (χ0v) is 21.6. The van der Waals surface area contributed by atoms with Crippen molar-refractivity contribution in [2.24, 2.45) is 5.73 Å². The molecule has 0 saturated carbocycles. The molecule has 0 fully saturated rings. The lowest BCUT2D eigenvalue weighted by atomic mass is 10.2. The van der Waals surface area contributed by atoms with Crippen molar-refractivity contribution in [1.82, 2.24) is 14.0 Å². The zero-order chi connectivity index (χ0) is 27.8. The first-order chi connectivity index (χ1) is 18.9. The van der Waals surface area contributed by atoms with Gasteiger partial charge in [-0.2, -0.15) is 0 Å². The first-order valence-electron chi connectivity index (χ1n) is 12.5. The second-order valence-corrected chi connectivity index (χ2v) is 8.93. The molecule has 0 spiro atoms. The topological polar surface area (TPSA) is 126 Å². The molecular formula is C29H30N4O6. The number of nitrogens with two attached hydrogens (primary N) is 1. The van der Waals surface area contributed by atoms with E-state index in [0.29, 0.717) is 30.6 Å². The number of imidazole rings is 1. The Hall–Kier alpha value is -4.86. The summed E-state index contributed by atoms with van der Waals surface area (Å²) < 4.78 is 13.4. The number of nitrogens with zero attached hydrogens (tertiary/aromatic N) is 3. The monoisotopic (exact) mass is 530 g/mol. The zero-order valence-electron chi connectivity index (χ0n) is 21.6. The van der Waals surface area contributed by atoms with Crippen molar-refractivity contribution in [2.45, 2.75) is 26.1 Å². The maximum absolute atomic E-state index is 13.5. The lowest BCUT2D eigenvalue weighted by molar-refractivity contribution is -0.136. The third-order valence-electron chi connectivity index (χ3n) is 6.19. The van der Waals surface area contributed by atoms with Crippen molar-refractivity contribution in [1.29, 1.82) is 0 Å². The molecule has 0 unspecified atom stereocenters. The Bertz CT molecular complexity index is 1510. The van der Waals surface area contributed by atoms with Crippen LogP contribution in [0.4, 0.5) is 0 Å². The number of carbonyl (C=O) groups is 3. The van der Waals surface area contributed by atoms with E-state index >= 15 is 0 Å². The Morgan fingerprint density at radius 3 is 2.26 bits per heavy atom. The molecule has 0 aliphatic heterocycles. The number of aryl methyl sites for hydroxylation is 1. The molecule has 0 aliphatic rings. The van der Waals surface area contributed by atoms with Crippen LogP contribution in [0.5, 0.6) is 5.75 Å². The number of amides is 2. The SMILES string of the molecule is COC(=O)c1ccc2c(c1)n(CC(=O)N(CC(N)=O)Cc1ccccc1)c(=O)n2CCCOc1ccccc1. The predicted octanol–water partition coefficient (Wildman–Crippen LogP) is 2.57. The summed E-state index contributed by atoms with van der Waals surface area (Å²) in [6.45, 7) is 0.223. The molecule has 3 aromatic carbocycles. The highest BCUT2D eigenvalue weighted by molar-refractivity contribution is 5.94. The summed E-state index contributed by atoms with van der Waals surface area (Å²) in [7, 11) is 1.27. The van der Waals surface area contributed by atoms with E-state index in [-0.39, 0.29) is 25.2 Å². The van der Waals surface area contributed by atoms with Crippen LogP contribution in [0.3, 0.4) is 0 Å². The Balaban J connectivity index is 1.62. The molecular weight excluding hydrogens is 500 g/mol. The number of esters is 1. The van der Waals surface area contributed by atoms with Gasteiger partial charge in [-0.15, -0.1) is 0 Å². The summed E-state index contributed by atoms with van der Waals surface area (Å²) in [6, 6.07) is 23.3. The fourth-order valence-corrected chi connectivity index (χ4v) is 4.32. The Kier molecular flexibility index (Phi) is 8.78. The van der Waals surface area contributed by atoms with Crippen molar-refractivity contribution in [3.8, 4) is 5.75 Å². The Morgan fingerprint density at radius 1 is 0.897 bits per heavy atom. The summed E-state index contributed by atoms with van der Waals surface area (Å²) in [4.78, 5) is 52.2. The maximum Gasteiger partial charge on any atom is 0.337 e. The van der Waals surface area contributed by atoms with Crippen molar-refractivity contribution < 1.29 is 23.9 Å². The van der Waals surface area contributed by atoms with Crippen molar-refractivity contribution >= 4 is 28.8 Å². The van der Waals surface area contributed by atoms with E-state index in [9.17, 15) is 19.2 Å². The Morgan fingerprint density at radius 2 is 1.59 bits per heavy atom. The predicted molar refractivity (Wildman–Crippen MR) is 145 cm³/mol. The van der Waals surface area contributed by atoms with E-state index in [2.05, 4.69) is 0 Å². The molecule has 1 aromatic heterocycles. The van der Waals surface area contributed by atoms with Gasteiger partial charge in [0.25, 0.3) is 0 Å². The number of benzene rings is 3. The number of rotatable bonds is 12. The van der Waals surface area contributed by atoms with E-state index in [4.69, 9.17) is 15.2 Å². The first-order valence-corrected chi connectivity index (χ1v) is 12.5. The third-order valence-corrected chi connectivity index (χ3v) is 6.19. The third kappa shape index (κ3) is 6.72. The number of methoxy groups -OCH3 is 1. The number of hydrogen-bond donors (Lipinski definition) is 1. The number of carbonyl (C=O) groups excluding carboxylic acids is 3. The van der Waals surface area contributed by atoms with Gasteiger partial charge in [-0.1, -0.05) is 48.5 Å². The minimum atomic E-state index is -0.666. The van der Waals surface area contributed by atoms with Crippen LogP contribution in [0.2, 0.25) is 0 Å². The molecule has 2 amide bonds. The van der Waals surface area contributed by atoms with Gasteiger partial charge in [0.05, 0.1) is 36.9 Å². The highest BCUT2D eigenvalue weighted by Gasteiger charge is 2.22. The highest BCUT2D eigenvalue weighted by atomic mass is 16.5. The van der Waals surface area contributed by atoms with Crippen LogP contribution in [0.15, 0.2) is 83.7 Å². The molecule has 0 atom stereocenters. The van der Waals surface area contributed by atoms with Crippen molar-refractivity contribution in [2.75, 3.05) is 20.3 Å². The van der Waals surface area contributed by atoms with E-state index < -0.39 is 23.5 Å². The summed E-state index contributed by atoms with van der Waals surface area (Å²) in [5.41, 5.74) is 7.01. The van der Waals surface area contributed by atoms with Gasteiger partial charge in [0.2, 0.25) is 11.8 Å². The van der Waals surface area contributed by atoms with E-state index in [1.165, 1.54) is 22.6 Å². The van der Waals surface area contributed by atoms with Gasteiger partial charge in [-0.05, 0) is 42.3 Å². The van der Waals surface area contributed by atoms with Crippen LogP contribution < -0.4 is 16.2 Å². The normalized spacial score (nSPS) is 10.8. The standard InChI is InChI=1S/C29H30N4O6/c1-38-28(36)22-13-14-24-25(17-22)33(29(37)32(24)15-8-16-39-23-11-6-3-7-12-23)20-27(35)31(19-26(30)34)18-21-9-4-2-5-10-21/h2-7,9-14,17H,8,15-16,18-20H2,1H3,(H2,30,34). The molecule has 202 valence electrons. The molecule has 0 saturated heterocycles. The van der Waals surface area contributed by atoms with Gasteiger partial charge in [0, 0.05) is 13.1 Å². The average Bonchev–Trinajstić information content (AvgIpc) is 3.20. The van der Waals surface area contributed by atoms with Gasteiger partial charge in [0.1, 0.15) is 12.3 Å². The number of primary amides is 1. The van der Waals surface area contributed by atoms with Crippen LogP contribution in [-0.2, 0) is 34.0 Å². The summed E-state index contributed by atoms with van der Waals surface area (Å²) >= 11 is 0. The second kappa shape index (κ2) is 12.6. The quantitative estimate of drug-likeness (QED) is 0.222. The maximum atomic E-state index is 13.5. The minimum Gasteiger partial charge on any atom is -0.494 e. The molecule has 0 radical (unpaired) electrons. The number of aromatic nitrogens is 2. The molecule has 0 bridgehead atoms. The summed E-state index contributed by atoms with van der Waals surface area (Å²) in [6.07, 6.45) is 0.530. The van der Waals surface area contributed by atoms with Crippen LogP contribution in [-0.4, -0.2) is 52.1 Å². The van der Waals surface area contributed by atoms with Gasteiger partial charge in [-0.25, -0.2) is 9.59 Å². The summed E-state index contributed by atoms with van der Waals surface area (Å²) in [5, 5.41) is 0.